The zero-order valence-electron chi connectivity index (χ0n) is 8.89. The first kappa shape index (κ1) is 10.8. The molecule has 1 fully saturated rings. The molecular weight excluding hydrogens is 210 g/mol. The molecule has 1 aromatic carbocycles. The highest BCUT2D eigenvalue weighted by Crippen LogP contribution is 2.47. The van der Waals surface area contributed by atoms with Crippen LogP contribution in [0.2, 0.25) is 5.02 Å². The van der Waals surface area contributed by atoms with Crippen molar-refractivity contribution in [1.29, 1.82) is 0 Å². The summed E-state index contributed by atoms with van der Waals surface area (Å²) in [5, 5.41) is 10.3. The topological polar surface area (TPSA) is 46.2 Å². The van der Waals surface area contributed by atoms with E-state index >= 15 is 0 Å². The van der Waals surface area contributed by atoms with Crippen molar-refractivity contribution in [3.63, 3.8) is 0 Å². The first-order valence-electron chi connectivity index (χ1n) is 5.29. The lowest BCUT2D eigenvalue weighted by atomic mass is 9.64. The van der Waals surface area contributed by atoms with Crippen molar-refractivity contribution in [2.24, 2.45) is 5.73 Å². The summed E-state index contributed by atoms with van der Waals surface area (Å²) in [5.41, 5.74) is 7.66. The summed E-state index contributed by atoms with van der Waals surface area (Å²) < 4.78 is 0. The van der Waals surface area contributed by atoms with E-state index in [4.69, 9.17) is 17.3 Å². The molecule has 0 radical (unpaired) electrons. The predicted molar refractivity (Wildman–Crippen MR) is 62.4 cm³/mol. The highest BCUT2D eigenvalue weighted by atomic mass is 35.5. The molecular formula is C12H16ClNO. The van der Waals surface area contributed by atoms with E-state index in [1.165, 1.54) is 6.42 Å². The Morgan fingerprint density at radius 3 is 2.60 bits per heavy atom. The highest BCUT2D eigenvalue weighted by molar-refractivity contribution is 6.33. The molecule has 3 heteroatoms. The molecule has 2 nitrogen and oxygen atoms in total. The summed E-state index contributed by atoms with van der Waals surface area (Å²) in [4.78, 5) is 0. The molecule has 1 aliphatic rings. The number of phenolic OH excluding ortho intramolecular Hbond substituents is 1. The van der Waals surface area contributed by atoms with Crippen molar-refractivity contribution in [3.05, 3.63) is 28.3 Å². The summed E-state index contributed by atoms with van der Waals surface area (Å²) in [6.45, 7) is 2.45. The normalized spacial score (nSPS) is 18.6. The lowest BCUT2D eigenvalue weighted by Gasteiger charge is -2.42. The lowest BCUT2D eigenvalue weighted by Crippen LogP contribution is -2.41. The van der Waals surface area contributed by atoms with Gasteiger partial charge < -0.3 is 10.8 Å². The van der Waals surface area contributed by atoms with Gasteiger partial charge in [0.15, 0.2) is 0 Å². The molecule has 1 aromatic rings. The van der Waals surface area contributed by atoms with Gasteiger partial charge in [0.25, 0.3) is 0 Å². The fraction of sp³-hybridized carbons (Fsp3) is 0.500. The second-order valence-corrected chi connectivity index (χ2v) is 4.81. The van der Waals surface area contributed by atoms with Crippen LogP contribution in [0.4, 0.5) is 0 Å². The Morgan fingerprint density at radius 2 is 2.13 bits per heavy atom. The Labute approximate surface area is 95.1 Å². The fourth-order valence-corrected chi connectivity index (χ4v) is 2.67. The van der Waals surface area contributed by atoms with Crippen molar-refractivity contribution in [3.8, 4) is 5.75 Å². The highest BCUT2D eigenvalue weighted by Gasteiger charge is 2.39. The Hall–Kier alpha value is -0.730. The van der Waals surface area contributed by atoms with Gasteiger partial charge in [-0.1, -0.05) is 30.2 Å². The first-order valence-corrected chi connectivity index (χ1v) is 5.67. The molecule has 0 unspecified atom stereocenters. The van der Waals surface area contributed by atoms with Gasteiger partial charge in [0.1, 0.15) is 5.75 Å². The van der Waals surface area contributed by atoms with Crippen molar-refractivity contribution >= 4 is 11.6 Å². The van der Waals surface area contributed by atoms with E-state index in [0.717, 1.165) is 24.0 Å². The minimum absolute atomic E-state index is 0.0161. The minimum atomic E-state index is 0.0161. The van der Waals surface area contributed by atoms with Gasteiger partial charge in [-0.25, -0.2) is 0 Å². The van der Waals surface area contributed by atoms with Gasteiger partial charge in [0.05, 0.1) is 5.02 Å². The average Bonchev–Trinajstić information content (AvgIpc) is 2.17. The molecule has 0 saturated heterocycles. The zero-order valence-corrected chi connectivity index (χ0v) is 9.64. The third-order valence-corrected chi connectivity index (χ3v) is 3.97. The number of nitrogens with two attached hydrogens (primary N) is 1. The van der Waals surface area contributed by atoms with Gasteiger partial charge in [-0.05, 0) is 30.9 Å². The van der Waals surface area contributed by atoms with E-state index in [2.05, 4.69) is 0 Å². The smallest absolute Gasteiger partial charge is 0.137 e. The van der Waals surface area contributed by atoms with Crippen LogP contribution in [0.15, 0.2) is 12.1 Å². The molecule has 0 aromatic heterocycles. The Bertz CT molecular complexity index is 380. The lowest BCUT2D eigenvalue weighted by molar-refractivity contribution is 0.252. The van der Waals surface area contributed by atoms with Crippen LogP contribution in [0, 0.1) is 6.92 Å². The average molecular weight is 226 g/mol. The Balaban J connectivity index is 2.49. The number of hydrogen-bond donors (Lipinski definition) is 2. The summed E-state index contributed by atoms with van der Waals surface area (Å²) in [6, 6.07) is 3.91. The first-order chi connectivity index (χ1) is 7.10. The zero-order chi connectivity index (χ0) is 11.1. The summed E-state index contributed by atoms with van der Waals surface area (Å²) in [7, 11) is 0. The predicted octanol–water partition coefficient (Wildman–Crippen LogP) is 2.73. The van der Waals surface area contributed by atoms with E-state index < -0.39 is 0 Å². The number of phenols is 1. The number of halogens is 1. The number of aryl methyl sites for hydroxylation is 1. The minimum Gasteiger partial charge on any atom is -0.506 e. The van der Waals surface area contributed by atoms with Gasteiger partial charge in [0.2, 0.25) is 0 Å². The molecule has 1 aliphatic carbocycles. The maximum atomic E-state index is 9.79. The van der Waals surface area contributed by atoms with E-state index in [-0.39, 0.29) is 11.2 Å². The van der Waals surface area contributed by atoms with Crippen molar-refractivity contribution in [2.75, 3.05) is 6.54 Å². The number of hydrogen-bond acceptors (Lipinski definition) is 2. The van der Waals surface area contributed by atoms with Gasteiger partial charge in [-0.15, -0.1) is 0 Å². The van der Waals surface area contributed by atoms with Crippen LogP contribution < -0.4 is 5.73 Å². The number of rotatable bonds is 2. The van der Waals surface area contributed by atoms with Gasteiger partial charge in [-0.3, -0.25) is 0 Å². The molecule has 15 heavy (non-hydrogen) atoms. The van der Waals surface area contributed by atoms with E-state index in [9.17, 15) is 5.11 Å². The molecule has 0 spiro atoms. The van der Waals surface area contributed by atoms with E-state index in [1.54, 1.807) is 0 Å². The van der Waals surface area contributed by atoms with Gasteiger partial charge >= 0.3 is 0 Å². The Morgan fingerprint density at radius 1 is 1.47 bits per heavy atom. The maximum absolute atomic E-state index is 9.79. The van der Waals surface area contributed by atoms with Crippen LogP contribution in [0.5, 0.6) is 5.75 Å². The molecule has 0 amide bonds. The quantitative estimate of drug-likeness (QED) is 0.813. The van der Waals surface area contributed by atoms with Crippen molar-refractivity contribution < 1.29 is 5.11 Å². The molecule has 82 valence electrons. The van der Waals surface area contributed by atoms with Gasteiger partial charge in [0, 0.05) is 12.0 Å². The van der Waals surface area contributed by atoms with E-state index in [0.29, 0.717) is 11.6 Å². The van der Waals surface area contributed by atoms with Gasteiger partial charge in [-0.2, -0.15) is 0 Å². The van der Waals surface area contributed by atoms with Crippen LogP contribution in [0.25, 0.3) is 0 Å². The van der Waals surface area contributed by atoms with Crippen LogP contribution in [0.1, 0.15) is 30.4 Å². The van der Waals surface area contributed by atoms with Crippen molar-refractivity contribution in [2.45, 2.75) is 31.6 Å². The molecule has 0 aliphatic heterocycles. The van der Waals surface area contributed by atoms with Crippen LogP contribution in [-0.2, 0) is 5.41 Å². The number of aromatic hydroxyl groups is 1. The number of benzene rings is 1. The second-order valence-electron chi connectivity index (χ2n) is 4.43. The third kappa shape index (κ3) is 1.52. The molecule has 0 heterocycles. The van der Waals surface area contributed by atoms with Crippen LogP contribution in [0.3, 0.4) is 0 Å². The molecule has 0 atom stereocenters. The summed E-state index contributed by atoms with van der Waals surface area (Å²) in [6.07, 6.45) is 3.35. The largest absolute Gasteiger partial charge is 0.506 e. The van der Waals surface area contributed by atoms with E-state index in [1.807, 2.05) is 19.1 Å². The summed E-state index contributed by atoms with van der Waals surface area (Å²) >= 11 is 6.17. The summed E-state index contributed by atoms with van der Waals surface area (Å²) in [5.74, 6) is 0.203. The fourth-order valence-electron chi connectivity index (χ4n) is 2.26. The van der Waals surface area contributed by atoms with Crippen LogP contribution >= 0.6 is 11.6 Å². The molecule has 3 N–H and O–H groups in total. The van der Waals surface area contributed by atoms with Crippen LogP contribution in [-0.4, -0.2) is 11.7 Å². The monoisotopic (exact) mass is 225 g/mol. The molecule has 1 saturated carbocycles. The second kappa shape index (κ2) is 3.69. The third-order valence-electron chi connectivity index (χ3n) is 3.59. The Kier molecular flexibility index (Phi) is 2.65. The maximum Gasteiger partial charge on any atom is 0.137 e. The van der Waals surface area contributed by atoms with Crippen molar-refractivity contribution in [1.82, 2.24) is 0 Å². The standard InChI is InChI=1S/C12H16ClNO/c1-8-3-4-9(10(13)11(8)15)12(7-14)5-2-6-12/h3-4,15H,2,5-7,14H2,1H3. The molecule has 0 bridgehead atoms. The molecule has 2 rings (SSSR count). The SMILES string of the molecule is Cc1ccc(C2(CN)CCC2)c(Cl)c1O.